The molecular formula is C33H50O7Si. The zero-order chi connectivity index (χ0) is 29.8. The van der Waals surface area contributed by atoms with Crippen molar-refractivity contribution in [3.05, 3.63) is 72.2 Å². The number of rotatable bonds is 12. The minimum Gasteiger partial charge on any atom is -0.463 e. The van der Waals surface area contributed by atoms with Gasteiger partial charge in [0.25, 0.3) is 0 Å². The molecule has 1 aromatic carbocycles. The highest BCUT2D eigenvalue weighted by atomic mass is 28.4. The Kier molecular flexibility index (Phi) is 10.4. The molecule has 0 N–H and O–H groups in total. The minimum absolute atomic E-state index is 0.0613. The third kappa shape index (κ3) is 7.79. The van der Waals surface area contributed by atoms with E-state index in [1.807, 2.05) is 62.4 Å². The van der Waals surface area contributed by atoms with Crippen molar-refractivity contribution < 1.29 is 32.5 Å². The molecule has 2 aliphatic rings. The lowest BCUT2D eigenvalue weighted by Crippen LogP contribution is -2.63. The highest BCUT2D eigenvalue weighted by Gasteiger charge is 2.53. The highest BCUT2D eigenvalue weighted by molar-refractivity contribution is 6.74. The Labute approximate surface area is 247 Å². The lowest BCUT2D eigenvalue weighted by Gasteiger charge is -2.53. The van der Waals surface area contributed by atoms with Gasteiger partial charge in [0.1, 0.15) is 23.2 Å². The van der Waals surface area contributed by atoms with E-state index in [1.54, 1.807) is 0 Å². The fourth-order valence-corrected chi connectivity index (χ4v) is 6.63. The van der Waals surface area contributed by atoms with Gasteiger partial charge < -0.3 is 32.5 Å². The first-order valence-electron chi connectivity index (χ1n) is 15.0. The van der Waals surface area contributed by atoms with Crippen molar-refractivity contribution in [2.75, 3.05) is 13.2 Å². The molecule has 228 valence electrons. The average molecular weight is 587 g/mol. The van der Waals surface area contributed by atoms with Crippen LogP contribution in [0.5, 0.6) is 0 Å². The molecule has 4 rings (SSSR count). The van der Waals surface area contributed by atoms with Gasteiger partial charge in [-0.2, -0.15) is 0 Å². The maximum atomic E-state index is 7.03. The number of hydrogen-bond donors (Lipinski definition) is 0. The highest BCUT2D eigenvalue weighted by Crippen LogP contribution is 2.45. The molecule has 0 amide bonds. The topological polar surface area (TPSA) is 68.5 Å². The molecule has 3 heterocycles. The van der Waals surface area contributed by atoms with Crippen LogP contribution in [0, 0.1) is 0 Å². The monoisotopic (exact) mass is 586 g/mol. The summed E-state index contributed by atoms with van der Waals surface area (Å²) in [6.45, 7) is 22.2. The average Bonchev–Trinajstić information content (AvgIpc) is 3.37. The van der Waals surface area contributed by atoms with Crippen molar-refractivity contribution in [2.45, 2.75) is 122 Å². The zero-order valence-electron chi connectivity index (χ0n) is 26.2. The van der Waals surface area contributed by atoms with E-state index in [-0.39, 0.29) is 35.7 Å². The van der Waals surface area contributed by atoms with E-state index in [0.717, 1.165) is 23.5 Å². The van der Waals surface area contributed by atoms with Crippen LogP contribution in [0.4, 0.5) is 0 Å². The SMILES string of the molecule is C=CC[C@H](OC(C)OCC)c1ccc(C[C@@H]2O[C@]3(C)CO[C@@H](c4ccccc4)O[C@H]3C[C@H]2O[Si](C)(C)C(C)(C)C)o1. The van der Waals surface area contributed by atoms with Crippen LogP contribution in [0.2, 0.25) is 18.1 Å². The lowest BCUT2D eigenvalue weighted by molar-refractivity contribution is -0.336. The first kappa shape index (κ1) is 32.1. The Balaban J connectivity index is 1.55. The smallest absolute Gasteiger partial charge is 0.192 e. The number of benzene rings is 1. The van der Waals surface area contributed by atoms with Gasteiger partial charge in [-0.3, -0.25) is 0 Å². The van der Waals surface area contributed by atoms with Crippen LogP contribution >= 0.6 is 0 Å². The summed E-state index contributed by atoms with van der Waals surface area (Å²) in [7, 11) is -2.11. The van der Waals surface area contributed by atoms with Gasteiger partial charge in [-0.05, 0) is 57.5 Å². The molecule has 0 saturated carbocycles. The third-order valence-electron chi connectivity index (χ3n) is 8.64. The van der Waals surface area contributed by atoms with Crippen molar-refractivity contribution in [2.24, 2.45) is 0 Å². The summed E-state index contributed by atoms with van der Waals surface area (Å²) < 4.78 is 44.7. The molecule has 0 radical (unpaired) electrons. The second kappa shape index (κ2) is 13.2. The predicted molar refractivity (Wildman–Crippen MR) is 162 cm³/mol. The fraction of sp³-hybridized carbons (Fsp3) is 0.636. The van der Waals surface area contributed by atoms with Crippen molar-refractivity contribution in [1.29, 1.82) is 0 Å². The summed E-state index contributed by atoms with van der Waals surface area (Å²) in [6.07, 6.45) is 2.21. The molecule has 1 unspecified atom stereocenters. The van der Waals surface area contributed by atoms with E-state index < -0.39 is 20.2 Å². The Morgan fingerprint density at radius 2 is 1.88 bits per heavy atom. The van der Waals surface area contributed by atoms with E-state index >= 15 is 0 Å². The van der Waals surface area contributed by atoms with Crippen LogP contribution in [-0.2, 0) is 34.5 Å². The standard InChI is InChI=1S/C33H50O7Si/c1-10-15-26(36-23(3)34-11-2)27-19-18-25(37-27)20-28-29(40-41(8,9)32(4,5)6)21-30-33(7,39-28)22-35-31(38-30)24-16-13-12-14-17-24/h10,12-14,16-19,23,26,28-31H,1,11,15,20-22H2,2-9H3/t23?,26-,28-,29+,30-,31+,33+/m0/s1. The minimum atomic E-state index is -2.11. The van der Waals surface area contributed by atoms with Crippen LogP contribution < -0.4 is 0 Å². The van der Waals surface area contributed by atoms with Gasteiger partial charge in [-0.25, -0.2) is 0 Å². The maximum Gasteiger partial charge on any atom is 0.192 e. The predicted octanol–water partition coefficient (Wildman–Crippen LogP) is 7.89. The summed E-state index contributed by atoms with van der Waals surface area (Å²) in [6, 6.07) is 14.1. The molecule has 0 aliphatic carbocycles. The normalized spacial score (nSPS) is 28.6. The quantitative estimate of drug-likeness (QED) is 0.142. The molecular weight excluding hydrogens is 536 g/mol. The lowest BCUT2D eigenvalue weighted by atomic mass is 9.86. The molecule has 0 bridgehead atoms. The number of ether oxygens (including phenoxy) is 5. The number of hydrogen-bond acceptors (Lipinski definition) is 7. The molecule has 0 spiro atoms. The Hall–Kier alpha value is -1.78. The maximum absolute atomic E-state index is 7.03. The molecule has 1 aromatic heterocycles. The molecule has 2 aromatic rings. The number of furan rings is 1. The van der Waals surface area contributed by atoms with Gasteiger partial charge in [0.2, 0.25) is 0 Å². The molecule has 2 aliphatic heterocycles. The Bertz CT molecular complexity index is 1110. The first-order chi connectivity index (χ1) is 19.3. The van der Waals surface area contributed by atoms with Crippen LogP contribution in [0.15, 0.2) is 59.5 Å². The molecule has 8 heteroatoms. The van der Waals surface area contributed by atoms with Gasteiger partial charge in [-0.1, -0.05) is 57.2 Å². The molecule has 2 fully saturated rings. The van der Waals surface area contributed by atoms with Crippen LogP contribution in [-0.4, -0.2) is 51.7 Å². The van der Waals surface area contributed by atoms with Gasteiger partial charge in [0.05, 0.1) is 24.9 Å². The van der Waals surface area contributed by atoms with E-state index in [2.05, 4.69) is 47.4 Å². The summed E-state index contributed by atoms with van der Waals surface area (Å²) in [4.78, 5) is 0. The van der Waals surface area contributed by atoms with E-state index in [9.17, 15) is 0 Å². The largest absolute Gasteiger partial charge is 0.463 e. The summed E-state index contributed by atoms with van der Waals surface area (Å²) >= 11 is 0. The summed E-state index contributed by atoms with van der Waals surface area (Å²) in [5, 5.41) is 0.0613. The van der Waals surface area contributed by atoms with E-state index in [4.69, 9.17) is 32.5 Å². The molecule has 2 saturated heterocycles. The molecule has 41 heavy (non-hydrogen) atoms. The first-order valence-corrected chi connectivity index (χ1v) is 17.9. The number of fused-ring (bicyclic) bond motifs is 1. The second-order valence-electron chi connectivity index (χ2n) is 13.0. The zero-order valence-corrected chi connectivity index (χ0v) is 27.2. The third-order valence-corrected chi connectivity index (χ3v) is 13.1. The summed E-state index contributed by atoms with van der Waals surface area (Å²) in [5.74, 6) is 1.58. The van der Waals surface area contributed by atoms with Gasteiger partial charge in [0, 0.05) is 25.0 Å². The Morgan fingerprint density at radius 3 is 2.54 bits per heavy atom. The van der Waals surface area contributed by atoms with Crippen LogP contribution in [0.3, 0.4) is 0 Å². The summed E-state index contributed by atoms with van der Waals surface area (Å²) in [5.41, 5.74) is 0.414. The van der Waals surface area contributed by atoms with E-state index in [1.165, 1.54) is 0 Å². The van der Waals surface area contributed by atoms with Gasteiger partial charge in [-0.15, -0.1) is 6.58 Å². The Morgan fingerprint density at radius 1 is 1.15 bits per heavy atom. The van der Waals surface area contributed by atoms with Crippen LogP contribution in [0.1, 0.15) is 83.9 Å². The second-order valence-corrected chi connectivity index (χ2v) is 17.7. The van der Waals surface area contributed by atoms with Gasteiger partial charge in [0.15, 0.2) is 20.9 Å². The van der Waals surface area contributed by atoms with Crippen molar-refractivity contribution >= 4 is 8.32 Å². The fourth-order valence-electron chi connectivity index (χ4n) is 5.27. The molecule has 7 atom stereocenters. The van der Waals surface area contributed by atoms with Crippen molar-refractivity contribution in [1.82, 2.24) is 0 Å². The van der Waals surface area contributed by atoms with Crippen LogP contribution in [0.25, 0.3) is 0 Å². The van der Waals surface area contributed by atoms with Crippen molar-refractivity contribution in [3.63, 3.8) is 0 Å². The van der Waals surface area contributed by atoms with Crippen molar-refractivity contribution in [3.8, 4) is 0 Å². The van der Waals surface area contributed by atoms with E-state index in [0.29, 0.717) is 26.1 Å². The van der Waals surface area contributed by atoms with Gasteiger partial charge >= 0.3 is 0 Å². The molecule has 7 nitrogen and oxygen atoms in total.